The summed E-state index contributed by atoms with van der Waals surface area (Å²) in [5.74, 6) is 1.65. The van der Waals surface area contributed by atoms with E-state index >= 15 is 0 Å². The van der Waals surface area contributed by atoms with Crippen molar-refractivity contribution in [2.24, 2.45) is 17.6 Å². The van der Waals surface area contributed by atoms with Crippen molar-refractivity contribution in [1.29, 1.82) is 0 Å². The fourth-order valence-corrected chi connectivity index (χ4v) is 2.84. The van der Waals surface area contributed by atoms with Crippen LogP contribution in [0.15, 0.2) is 24.3 Å². The van der Waals surface area contributed by atoms with Gasteiger partial charge in [0.2, 0.25) is 5.91 Å². The molecule has 1 fully saturated rings. The Hall–Kier alpha value is -1.39. The van der Waals surface area contributed by atoms with Crippen LogP contribution in [-0.4, -0.2) is 30.4 Å². The van der Waals surface area contributed by atoms with Crippen molar-refractivity contribution in [1.82, 2.24) is 4.90 Å². The number of benzene rings is 1. The van der Waals surface area contributed by atoms with Crippen molar-refractivity contribution >= 4 is 11.6 Å². The molecule has 1 aliphatic rings. The van der Waals surface area contributed by atoms with E-state index in [1.807, 2.05) is 24.3 Å². The average Bonchev–Trinajstić information content (AvgIpc) is 2.78. The van der Waals surface area contributed by atoms with E-state index in [-0.39, 0.29) is 5.91 Å². The fourth-order valence-electron chi connectivity index (χ4n) is 2.84. The lowest BCUT2D eigenvalue weighted by molar-refractivity contribution is -0.116. The molecule has 2 atom stereocenters. The molecule has 3 N–H and O–H groups in total. The Morgan fingerprint density at radius 3 is 2.43 bits per heavy atom. The third-order valence-electron chi connectivity index (χ3n) is 4.42. The number of carbonyl (C=O) groups excluding carboxylic acids is 1. The predicted molar refractivity (Wildman–Crippen MR) is 87.0 cm³/mol. The van der Waals surface area contributed by atoms with Crippen molar-refractivity contribution < 1.29 is 4.79 Å². The fraction of sp³-hybridized carbons (Fsp3) is 0.588. The molecule has 1 amide bonds. The molecule has 4 nitrogen and oxygen atoms in total. The first-order valence-corrected chi connectivity index (χ1v) is 7.89. The van der Waals surface area contributed by atoms with Gasteiger partial charge in [-0.05, 0) is 42.5 Å². The summed E-state index contributed by atoms with van der Waals surface area (Å²) in [4.78, 5) is 14.4. The zero-order valence-corrected chi connectivity index (χ0v) is 13.1. The molecule has 0 radical (unpaired) electrons. The van der Waals surface area contributed by atoms with Crippen LogP contribution in [0.25, 0.3) is 0 Å². The Morgan fingerprint density at radius 2 is 1.86 bits per heavy atom. The molecular weight excluding hydrogens is 262 g/mol. The van der Waals surface area contributed by atoms with Gasteiger partial charge in [-0.1, -0.05) is 26.0 Å². The predicted octanol–water partition coefficient (Wildman–Crippen LogP) is 2.45. The summed E-state index contributed by atoms with van der Waals surface area (Å²) in [6.45, 7) is 8.51. The number of anilines is 1. The highest BCUT2D eigenvalue weighted by atomic mass is 16.1. The first-order chi connectivity index (χ1) is 10.1. The Labute approximate surface area is 127 Å². The van der Waals surface area contributed by atoms with Crippen LogP contribution in [0, 0.1) is 11.8 Å². The van der Waals surface area contributed by atoms with Gasteiger partial charge in [-0.15, -0.1) is 0 Å². The summed E-state index contributed by atoms with van der Waals surface area (Å²) in [6, 6.07) is 7.71. The molecule has 2 unspecified atom stereocenters. The van der Waals surface area contributed by atoms with Gasteiger partial charge in [0.25, 0.3) is 0 Å². The van der Waals surface area contributed by atoms with E-state index in [0.717, 1.165) is 36.1 Å². The zero-order valence-electron chi connectivity index (χ0n) is 13.1. The van der Waals surface area contributed by atoms with Crippen molar-refractivity contribution in [3.05, 3.63) is 29.8 Å². The van der Waals surface area contributed by atoms with Gasteiger partial charge in [0.05, 0.1) is 0 Å². The van der Waals surface area contributed by atoms with Gasteiger partial charge in [0.15, 0.2) is 0 Å². The largest absolute Gasteiger partial charge is 0.326 e. The number of likely N-dealkylation sites (tertiary alicyclic amines) is 1. The van der Waals surface area contributed by atoms with Crippen molar-refractivity contribution in [3.8, 4) is 0 Å². The van der Waals surface area contributed by atoms with Crippen LogP contribution < -0.4 is 11.1 Å². The van der Waals surface area contributed by atoms with Gasteiger partial charge >= 0.3 is 0 Å². The third-order valence-corrected chi connectivity index (χ3v) is 4.42. The number of nitrogens with one attached hydrogen (secondary N) is 1. The van der Waals surface area contributed by atoms with Crippen LogP contribution in [0.1, 0.15) is 32.3 Å². The molecule has 0 bridgehead atoms. The highest BCUT2D eigenvalue weighted by Crippen LogP contribution is 2.22. The topological polar surface area (TPSA) is 58.4 Å². The standard InChI is InChI=1S/C17H27N3O/c1-13-11-20(12-14(13)2)9-3-4-17(21)19-16-7-5-15(10-18)6-8-16/h5-8,13-14H,3-4,9-12,18H2,1-2H3,(H,19,21). The van der Waals surface area contributed by atoms with E-state index in [1.165, 1.54) is 13.1 Å². The molecule has 0 aromatic heterocycles. The average molecular weight is 289 g/mol. The highest BCUT2D eigenvalue weighted by Gasteiger charge is 2.25. The highest BCUT2D eigenvalue weighted by molar-refractivity contribution is 5.90. The molecule has 1 saturated heterocycles. The maximum absolute atomic E-state index is 11.9. The second kappa shape index (κ2) is 7.57. The Morgan fingerprint density at radius 1 is 1.24 bits per heavy atom. The molecule has 1 aliphatic heterocycles. The second-order valence-corrected chi connectivity index (χ2v) is 6.27. The minimum atomic E-state index is 0.0933. The first-order valence-electron chi connectivity index (χ1n) is 7.89. The third kappa shape index (κ3) is 4.83. The number of amides is 1. The monoisotopic (exact) mass is 289 g/mol. The van der Waals surface area contributed by atoms with Crippen LogP contribution >= 0.6 is 0 Å². The van der Waals surface area contributed by atoms with Gasteiger partial charge in [-0.2, -0.15) is 0 Å². The molecule has 0 spiro atoms. The maximum Gasteiger partial charge on any atom is 0.224 e. The molecule has 4 heteroatoms. The van der Waals surface area contributed by atoms with Gasteiger partial charge < -0.3 is 16.0 Å². The van der Waals surface area contributed by atoms with Gasteiger partial charge in [0.1, 0.15) is 0 Å². The van der Waals surface area contributed by atoms with E-state index in [0.29, 0.717) is 13.0 Å². The van der Waals surface area contributed by atoms with Crippen LogP contribution in [0.3, 0.4) is 0 Å². The maximum atomic E-state index is 11.9. The second-order valence-electron chi connectivity index (χ2n) is 6.27. The van der Waals surface area contributed by atoms with Crippen molar-refractivity contribution in [2.45, 2.75) is 33.2 Å². The lowest BCUT2D eigenvalue weighted by Crippen LogP contribution is -2.23. The van der Waals surface area contributed by atoms with E-state index in [1.54, 1.807) is 0 Å². The molecule has 1 aromatic rings. The molecular formula is C17H27N3O. The number of nitrogens with zero attached hydrogens (tertiary/aromatic N) is 1. The van der Waals surface area contributed by atoms with Crippen LogP contribution in [-0.2, 0) is 11.3 Å². The summed E-state index contributed by atoms with van der Waals surface area (Å²) < 4.78 is 0. The Bertz CT molecular complexity index is 448. The van der Waals surface area contributed by atoms with E-state index in [4.69, 9.17) is 5.73 Å². The summed E-state index contributed by atoms with van der Waals surface area (Å²) >= 11 is 0. The molecule has 0 aliphatic carbocycles. The minimum absolute atomic E-state index is 0.0933. The minimum Gasteiger partial charge on any atom is -0.326 e. The number of rotatable bonds is 6. The Balaban J connectivity index is 1.67. The van der Waals surface area contributed by atoms with Gasteiger partial charge in [-0.25, -0.2) is 0 Å². The van der Waals surface area contributed by atoms with Gasteiger partial charge in [-0.3, -0.25) is 4.79 Å². The van der Waals surface area contributed by atoms with Gasteiger partial charge in [0, 0.05) is 31.7 Å². The molecule has 21 heavy (non-hydrogen) atoms. The number of carbonyl (C=O) groups is 1. The van der Waals surface area contributed by atoms with Crippen molar-refractivity contribution in [2.75, 3.05) is 25.0 Å². The van der Waals surface area contributed by atoms with E-state index in [9.17, 15) is 4.79 Å². The molecule has 0 saturated carbocycles. The molecule has 1 heterocycles. The number of hydrogen-bond acceptors (Lipinski definition) is 3. The Kier molecular flexibility index (Phi) is 5.76. The van der Waals surface area contributed by atoms with Crippen LogP contribution in [0.4, 0.5) is 5.69 Å². The lowest BCUT2D eigenvalue weighted by atomic mass is 10.0. The summed E-state index contributed by atoms with van der Waals surface area (Å²) in [5.41, 5.74) is 7.48. The number of hydrogen-bond donors (Lipinski definition) is 2. The molecule has 1 aromatic carbocycles. The van der Waals surface area contributed by atoms with E-state index < -0.39 is 0 Å². The van der Waals surface area contributed by atoms with E-state index in [2.05, 4.69) is 24.1 Å². The summed E-state index contributed by atoms with van der Waals surface area (Å²) in [7, 11) is 0. The molecule has 116 valence electrons. The number of nitrogens with two attached hydrogens (primary N) is 1. The van der Waals surface area contributed by atoms with Crippen molar-refractivity contribution in [3.63, 3.8) is 0 Å². The first kappa shape index (κ1) is 16.0. The normalized spacial score (nSPS) is 22.4. The van der Waals surface area contributed by atoms with Crippen LogP contribution in [0.2, 0.25) is 0 Å². The van der Waals surface area contributed by atoms with Crippen LogP contribution in [0.5, 0.6) is 0 Å². The summed E-state index contributed by atoms with van der Waals surface area (Å²) in [5, 5.41) is 2.94. The zero-order chi connectivity index (χ0) is 15.2. The molecule has 2 rings (SSSR count). The lowest BCUT2D eigenvalue weighted by Gasteiger charge is -2.14. The summed E-state index contributed by atoms with van der Waals surface area (Å²) in [6.07, 6.45) is 1.50. The SMILES string of the molecule is CC1CN(CCCC(=O)Nc2ccc(CN)cc2)CC1C. The smallest absolute Gasteiger partial charge is 0.224 e. The quantitative estimate of drug-likeness (QED) is 0.845.